The van der Waals surface area contributed by atoms with Crippen LogP contribution in [0, 0.1) is 5.92 Å². The van der Waals surface area contributed by atoms with Crippen molar-refractivity contribution in [3.05, 3.63) is 48.2 Å². The number of anilines is 1. The lowest BCUT2D eigenvalue weighted by Gasteiger charge is -2.21. The number of ether oxygens (including phenoxy) is 4. The molecule has 2 amide bonds. The number of carbonyl (C=O) groups is 2. The standard InChI is InChI=1S/C23H27N3O6/c1-29-19-4-2-3-18(12-19)26-14-20(32-23(26)28)13-25-22(27)17-5-8-24-21(11-17)31-15-16-6-9-30-10-7-16/h2-5,8,11-12,16,20H,6-7,9-10,13-15H2,1H3,(H,25,27). The topological polar surface area (TPSA) is 99.2 Å². The van der Waals surface area contributed by atoms with Gasteiger partial charge in [-0.15, -0.1) is 0 Å². The molecule has 1 aromatic heterocycles. The van der Waals surface area contributed by atoms with Crippen molar-refractivity contribution in [3.8, 4) is 11.6 Å². The Morgan fingerprint density at radius 1 is 1.25 bits per heavy atom. The molecule has 2 saturated heterocycles. The number of pyridine rings is 1. The second-order valence-electron chi connectivity index (χ2n) is 7.78. The monoisotopic (exact) mass is 441 g/mol. The van der Waals surface area contributed by atoms with Crippen LogP contribution in [0.1, 0.15) is 23.2 Å². The van der Waals surface area contributed by atoms with Gasteiger partial charge in [0.15, 0.2) is 0 Å². The minimum absolute atomic E-state index is 0.200. The second kappa shape index (κ2) is 10.3. The van der Waals surface area contributed by atoms with Crippen molar-refractivity contribution in [3.63, 3.8) is 0 Å². The van der Waals surface area contributed by atoms with Gasteiger partial charge in [0, 0.05) is 37.1 Å². The lowest BCUT2D eigenvalue weighted by molar-refractivity contribution is 0.0490. The first-order valence-electron chi connectivity index (χ1n) is 10.7. The molecule has 2 aliphatic rings. The van der Waals surface area contributed by atoms with Gasteiger partial charge in [-0.1, -0.05) is 6.07 Å². The fraction of sp³-hybridized carbons (Fsp3) is 0.435. The van der Waals surface area contributed by atoms with E-state index in [4.69, 9.17) is 18.9 Å². The lowest BCUT2D eigenvalue weighted by Crippen LogP contribution is -2.34. The van der Waals surface area contributed by atoms with E-state index < -0.39 is 12.2 Å². The van der Waals surface area contributed by atoms with Gasteiger partial charge < -0.3 is 24.3 Å². The van der Waals surface area contributed by atoms with E-state index in [1.54, 1.807) is 37.6 Å². The van der Waals surface area contributed by atoms with Crippen LogP contribution in [0.3, 0.4) is 0 Å². The van der Waals surface area contributed by atoms with Crippen molar-refractivity contribution >= 4 is 17.7 Å². The summed E-state index contributed by atoms with van der Waals surface area (Å²) in [6, 6.07) is 10.4. The zero-order valence-electron chi connectivity index (χ0n) is 18.0. The van der Waals surface area contributed by atoms with Crippen LogP contribution in [-0.4, -0.2) is 63.1 Å². The van der Waals surface area contributed by atoms with E-state index in [0.29, 0.717) is 41.9 Å². The molecular formula is C23H27N3O6. The summed E-state index contributed by atoms with van der Waals surface area (Å²) >= 11 is 0. The molecule has 2 fully saturated rings. The first kappa shape index (κ1) is 21.9. The van der Waals surface area contributed by atoms with Crippen molar-refractivity contribution in [2.75, 3.05) is 44.9 Å². The predicted octanol–water partition coefficient (Wildman–Crippen LogP) is 2.65. The molecule has 0 saturated carbocycles. The van der Waals surface area contributed by atoms with Gasteiger partial charge in [-0.2, -0.15) is 0 Å². The van der Waals surface area contributed by atoms with Gasteiger partial charge in [0.1, 0.15) is 11.9 Å². The van der Waals surface area contributed by atoms with Crippen molar-refractivity contribution in [1.29, 1.82) is 0 Å². The number of aromatic nitrogens is 1. The molecule has 32 heavy (non-hydrogen) atoms. The summed E-state index contributed by atoms with van der Waals surface area (Å²) in [7, 11) is 1.57. The average Bonchev–Trinajstić information content (AvgIpc) is 3.22. The third kappa shape index (κ3) is 5.47. The highest BCUT2D eigenvalue weighted by Gasteiger charge is 2.32. The number of benzene rings is 1. The van der Waals surface area contributed by atoms with E-state index in [-0.39, 0.29) is 12.5 Å². The molecule has 9 nitrogen and oxygen atoms in total. The van der Waals surface area contributed by atoms with Crippen LogP contribution in [0.15, 0.2) is 42.6 Å². The average molecular weight is 441 g/mol. The third-order valence-electron chi connectivity index (χ3n) is 5.53. The highest BCUT2D eigenvalue weighted by Crippen LogP contribution is 2.25. The summed E-state index contributed by atoms with van der Waals surface area (Å²) in [6.45, 7) is 2.60. The highest BCUT2D eigenvalue weighted by molar-refractivity contribution is 5.94. The predicted molar refractivity (Wildman–Crippen MR) is 116 cm³/mol. The van der Waals surface area contributed by atoms with E-state index in [1.165, 1.54) is 4.90 Å². The summed E-state index contributed by atoms with van der Waals surface area (Å²) in [6.07, 6.45) is 2.57. The molecule has 2 aliphatic heterocycles. The van der Waals surface area contributed by atoms with Crippen molar-refractivity contribution in [2.24, 2.45) is 5.92 Å². The van der Waals surface area contributed by atoms with Gasteiger partial charge in [-0.05, 0) is 37.0 Å². The number of carbonyl (C=O) groups excluding carboxylic acids is 2. The molecular weight excluding hydrogens is 414 g/mol. The fourth-order valence-corrected chi connectivity index (χ4v) is 3.67. The molecule has 170 valence electrons. The first-order valence-corrected chi connectivity index (χ1v) is 10.7. The number of hydrogen-bond donors (Lipinski definition) is 1. The molecule has 9 heteroatoms. The number of rotatable bonds is 8. The zero-order valence-corrected chi connectivity index (χ0v) is 18.0. The van der Waals surface area contributed by atoms with Gasteiger partial charge in [0.2, 0.25) is 5.88 Å². The number of methoxy groups -OCH3 is 1. The minimum Gasteiger partial charge on any atom is -0.497 e. The molecule has 4 rings (SSSR count). The lowest BCUT2D eigenvalue weighted by atomic mass is 10.0. The number of amides is 2. The third-order valence-corrected chi connectivity index (χ3v) is 5.53. The Balaban J connectivity index is 1.28. The van der Waals surface area contributed by atoms with E-state index in [9.17, 15) is 9.59 Å². The van der Waals surface area contributed by atoms with E-state index >= 15 is 0 Å². The maximum Gasteiger partial charge on any atom is 0.414 e. The Morgan fingerprint density at radius 2 is 2.09 bits per heavy atom. The quantitative estimate of drug-likeness (QED) is 0.672. The summed E-state index contributed by atoms with van der Waals surface area (Å²) < 4.78 is 21.7. The van der Waals surface area contributed by atoms with Crippen LogP contribution in [0.2, 0.25) is 0 Å². The summed E-state index contributed by atoms with van der Waals surface area (Å²) in [5.74, 6) is 1.23. The molecule has 0 aliphatic carbocycles. The van der Waals surface area contributed by atoms with E-state index in [0.717, 1.165) is 26.1 Å². The number of cyclic esters (lactones) is 1. The highest BCUT2D eigenvalue weighted by atomic mass is 16.6. The Kier molecular flexibility index (Phi) is 7.06. The first-order chi connectivity index (χ1) is 15.6. The van der Waals surface area contributed by atoms with E-state index in [1.807, 2.05) is 12.1 Å². The Bertz CT molecular complexity index is 947. The number of nitrogens with one attached hydrogen (secondary N) is 1. The van der Waals surface area contributed by atoms with Gasteiger partial charge in [-0.25, -0.2) is 9.78 Å². The number of nitrogens with zero attached hydrogens (tertiary/aromatic N) is 2. The van der Waals surface area contributed by atoms with Crippen LogP contribution in [0.5, 0.6) is 11.6 Å². The zero-order chi connectivity index (χ0) is 22.3. The van der Waals surface area contributed by atoms with Crippen LogP contribution in [-0.2, 0) is 9.47 Å². The molecule has 2 aromatic rings. The van der Waals surface area contributed by atoms with Crippen molar-refractivity contribution in [1.82, 2.24) is 10.3 Å². The van der Waals surface area contributed by atoms with Gasteiger partial charge in [0.05, 0.1) is 32.5 Å². The summed E-state index contributed by atoms with van der Waals surface area (Å²) in [5, 5.41) is 2.82. The number of hydrogen-bond acceptors (Lipinski definition) is 7. The van der Waals surface area contributed by atoms with Crippen LogP contribution in [0.25, 0.3) is 0 Å². The molecule has 0 bridgehead atoms. The maximum atomic E-state index is 12.6. The van der Waals surface area contributed by atoms with Gasteiger partial charge in [0.25, 0.3) is 5.91 Å². The Morgan fingerprint density at radius 3 is 2.91 bits per heavy atom. The minimum atomic E-state index is -0.455. The molecule has 1 atom stereocenters. The fourth-order valence-electron chi connectivity index (χ4n) is 3.67. The molecule has 3 heterocycles. The molecule has 1 N–H and O–H groups in total. The molecule has 1 aromatic carbocycles. The maximum absolute atomic E-state index is 12.6. The van der Waals surface area contributed by atoms with Crippen LogP contribution >= 0.6 is 0 Å². The Hall–Kier alpha value is -3.33. The largest absolute Gasteiger partial charge is 0.497 e. The smallest absolute Gasteiger partial charge is 0.414 e. The van der Waals surface area contributed by atoms with Gasteiger partial charge >= 0.3 is 6.09 Å². The Labute approximate surface area is 186 Å². The SMILES string of the molecule is COc1cccc(N2CC(CNC(=O)c3ccnc(OCC4CCOCC4)c3)OC2=O)c1. The van der Waals surface area contributed by atoms with Crippen LogP contribution in [0.4, 0.5) is 10.5 Å². The van der Waals surface area contributed by atoms with Crippen molar-refractivity contribution < 1.29 is 28.5 Å². The van der Waals surface area contributed by atoms with Crippen LogP contribution < -0.4 is 19.7 Å². The summed E-state index contributed by atoms with van der Waals surface area (Å²) in [5.41, 5.74) is 1.12. The second-order valence-corrected chi connectivity index (χ2v) is 7.78. The van der Waals surface area contributed by atoms with E-state index in [2.05, 4.69) is 10.3 Å². The molecule has 1 unspecified atom stereocenters. The van der Waals surface area contributed by atoms with Gasteiger partial charge in [-0.3, -0.25) is 9.69 Å². The summed E-state index contributed by atoms with van der Waals surface area (Å²) in [4.78, 5) is 30.6. The molecule has 0 spiro atoms. The van der Waals surface area contributed by atoms with Crippen molar-refractivity contribution in [2.45, 2.75) is 18.9 Å². The normalized spacial score (nSPS) is 18.8. The molecule has 0 radical (unpaired) electrons.